The van der Waals surface area contributed by atoms with Gasteiger partial charge in [-0.15, -0.1) is 11.3 Å². The van der Waals surface area contributed by atoms with Gasteiger partial charge in [0.2, 0.25) is 0 Å². The third kappa shape index (κ3) is 3.39. The Morgan fingerprint density at radius 3 is 2.63 bits per heavy atom. The van der Waals surface area contributed by atoms with Crippen molar-refractivity contribution in [2.45, 2.75) is 13.0 Å². The van der Waals surface area contributed by atoms with E-state index in [0.29, 0.717) is 4.88 Å². The summed E-state index contributed by atoms with van der Waals surface area (Å²) in [5.74, 6) is -1.59. The molecule has 0 bridgehead atoms. The summed E-state index contributed by atoms with van der Waals surface area (Å²) in [6, 6.07) is 6.22. The predicted octanol–water partition coefficient (Wildman–Crippen LogP) is 4.28. The molecule has 2 aromatic rings. The fourth-order valence-electron chi connectivity index (χ4n) is 1.63. The Labute approximate surface area is 121 Å². The van der Waals surface area contributed by atoms with Gasteiger partial charge in [0.25, 0.3) is 5.91 Å². The van der Waals surface area contributed by atoms with E-state index >= 15 is 0 Å². The number of carbonyl (C=O) groups is 1. The molecule has 0 fully saturated rings. The van der Waals surface area contributed by atoms with E-state index in [0.717, 1.165) is 9.85 Å². The molecular weight excluding hydrogens is 336 g/mol. The molecule has 1 atom stereocenters. The molecule has 1 unspecified atom stereocenters. The average Bonchev–Trinajstić information content (AvgIpc) is 2.75. The molecule has 6 heteroatoms. The number of hydrogen-bond acceptors (Lipinski definition) is 2. The van der Waals surface area contributed by atoms with Crippen molar-refractivity contribution in [1.82, 2.24) is 5.32 Å². The lowest BCUT2D eigenvalue weighted by Gasteiger charge is -2.14. The molecule has 2 rings (SSSR count). The second-order valence-electron chi connectivity index (χ2n) is 3.96. The molecule has 1 heterocycles. The van der Waals surface area contributed by atoms with Gasteiger partial charge < -0.3 is 5.32 Å². The van der Waals surface area contributed by atoms with Crippen LogP contribution >= 0.6 is 27.3 Å². The van der Waals surface area contributed by atoms with E-state index in [1.54, 1.807) is 19.1 Å². The molecule has 0 saturated carbocycles. The van der Waals surface area contributed by atoms with Gasteiger partial charge in [-0.05, 0) is 41.1 Å². The van der Waals surface area contributed by atoms with Crippen molar-refractivity contribution in [1.29, 1.82) is 0 Å². The number of amides is 1. The van der Waals surface area contributed by atoms with Crippen LogP contribution in [-0.4, -0.2) is 5.91 Å². The summed E-state index contributed by atoms with van der Waals surface area (Å²) in [4.78, 5) is 12.4. The van der Waals surface area contributed by atoms with Crippen LogP contribution in [-0.2, 0) is 0 Å². The normalized spacial score (nSPS) is 12.2. The number of rotatable bonds is 3. The Kier molecular flexibility index (Phi) is 4.31. The minimum Gasteiger partial charge on any atom is -0.345 e. The first-order chi connectivity index (χ1) is 8.97. The van der Waals surface area contributed by atoms with Crippen LogP contribution in [0.5, 0.6) is 0 Å². The molecule has 2 nitrogen and oxygen atoms in total. The predicted molar refractivity (Wildman–Crippen MR) is 74.3 cm³/mol. The zero-order valence-electron chi connectivity index (χ0n) is 9.91. The number of nitrogens with one attached hydrogen (secondary N) is 1. The first-order valence-corrected chi connectivity index (χ1v) is 7.09. The minimum absolute atomic E-state index is 0.255. The molecule has 0 saturated heterocycles. The molecule has 1 N–H and O–H groups in total. The zero-order valence-corrected chi connectivity index (χ0v) is 12.3. The molecule has 19 heavy (non-hydrogen) atoms. The second kappa shape index (κ2) is 5.79. The molecule has 0 radical (unpaired) electrons. The van der Waals surface area contributed by atoms with E-state index in [1.807, 2.05) is 0 Å². The molecule has 0 spiro atoms. The molecule has 100 valence electrons. The number of benzene rings is 1. The van der Waals surface area contributed by atoms with Crippen molar-refractivity contribution in [3.8, 4) is 0 Å². The van der Waals surface area contributed by atoms with Crippen molar-refractivity contribution < 1.29 is 13.6 Å². The summed E-state index contributed by atoms with van der Waals surface area (Å²) in [7, 11) is 0. The van der Waals surface area contributed by atoms with E-state index in [9.17, 15) is 13.6 Å². The van der Waals surface area contributed by atoms with Crippen molar-refractivity contribution in [3.63, 3.8) is 0 Å². The Hall–Kier alpha value is -1.27. The van der Waals surface area contributed by atoms with Crippen LogP contribution in [0, 0.1) is 11.6 Å². The summed E-state index contributed by atoms with van der Waals surface area (Å²) >= 11 is 4.56. The highest BCUT2D eigenvalue weighted by molar-refractivity contribution is 9.11. The lowest BCUT2D eigenvalue weighted by Crippen LogP contribution is -2.26. The third-order valence-corrected chi connectivity index (χ3v) is 4.20. The number of carbonyl (C=O) groups excluding carboxylic acids is 1. The van der Waals surface area contributed by atoms with Crippen LogP contribution in [0.15, 0.2) is 34.1 Å². The SMILES string of the molecule is CC(NC(=O)c1ccc(Br)s1)c1ccc(F)cc1F. The molecule has 0 aliphatic heterocycles. The molecule has 0 aliphatic rings. The zero-order chi connectivity index (χ0) is 14.0. The van der Waals surface area contributed by atoms with Gasteiger partial charge in [-0.3, -0.25) is 4.79 Å². The molecular formula is C13H10BrF2NOS. The minimum atomic E-state index is -0.667. The van der Waals surface area contributed by atoms with E-state index in [1.165, 1.54) is 23.5 Å². The van der Waals surface area contributed by atoms with E-state index in [4.69, 9.17) is 0 Å². The number of halogens is 3. The maximum atomic E-state index is 13.6. The van der Waals surface area contributed by atoms with Gasteiger partial charge in [0, 0.05) is 11.6 Å². The summed E-state index contributed by atoms with van der Waals surface area (Å²) in [5.41, 5.74) is 0.255. The quantitative estimate of drug-likeness (QED) is 0.883. The lowest BCUT2D eigenvalue weighted by molar-refractivity contribution is 0.0943. The van der Waals surface area contributed by atoms with Crippen LogP contribution in [0.3, 0.4) is 0 Å². The summed E-state index contributed by atoms with van der Waals surface area (Å²) in [6.45, 7) is 1.65. The van der Waals surface area contributed by atoms with E-state index in [2.05, 4.69) is 21.2 Å². The van der Waals surface area contributed by atoms with Crippen LogP contribution in [0.4, 0.5) is 8.78 Å². The smallest absolute Gasteiger partial charge is 0.261 e. The van der Waals surface area contributed by atoms with Crippen LogP contribution < -0.4 is 5.32 Å². The van der Waals surface area contributed by atoms with Crippen molar-refractivity contribution >= 4 is 33.2 Å². The monoisotopic (exact) mass is 345 g/mol. The first kappa shape index (κ1) is 14.1. The topological polar surface area (TPSA) is 29.1 Å². The highest BCUT2D eigenvalue weighted by Crippen LogP contribution is 2.23. The molecule has 1 amide bonds. The Balaban J connectivity index is 2.12. The first-order valence-electron chi connectivity index (χ1n) is 5.48. The van der Waals surface area contributed by atoms with Gasteiger partial charge in [-0.1, -0.05) is 6.07 Å². The van der Waals surface area contributed by atoms with Crippen molar-refractivity contribution in [2.75, 3.05) is 0 Å². The maximum Gasteiger partial charge on any atom is 0.261 e. The maximum absolute atomic E-state index is 13.6. The second-order valence-corrected chi connectivity index (χ2v) is 6.43. The molecule has 1 aromatic carbocycles. The Bertz CT molecular complexity index is 614. The fourth-order valence-corrected chi connectivity index (χ4v) is 2.92. The lowest BCUT2D eigenvalue weighted by atomic mass is 10.1. The van der Waals surface area contributed by atoms with Crippen molar-refractivity contribution in [2.24, 2.45) is 0 Å². The van der Waals surface area contributed by atoms with E-state index < -0.39 is 17.7 Å². The van der Waals surface area contributed by atoms with Gasteiger partial charge in [0.05, 0.1) is 14.7 Å². The Morgan fingerprint density at radius 2 is 2.05 bits per heavy atom. The van der Waals surface area contributed by atoms with Gasteiger partial charge >= 0.3 is 0 Å². The number of hydrogen-bond donors (Lipinski definition) is 1. The Morgan fingerprint density at radius 1 is 1.32 bits per heavy atom. The average molecular weight is 346 g/mol. The molecule has 1 aromatic heterocycles. The van der Waals surface area contributed by atoms with Crippen LogP contribution in [0.1, 0.15) is 28.2 Å². The summed E-state index contributed by atoms with van der Waals surface area (Å²) in [5, 5.41) is 2.67. The molecule has 0 aliphatic carbocycles. The van der Waals surface area contributed by atoms with Gasteiger partial charge in [0.1, 0.15) is 11.6 Å². The largest absolute Gasteiger partial charge is 0.345 e. The summed E-state index contributed by atoms with van der Waals surface area (Å²) in [6.07, 6.45) is 0. The van der Waals surface area contributed by atoms with Gasteiger partial charge in [0.15, 0.2) is 0 Å². The van der Waals surface area contributed by atoms with Gasteiger partial charge in [-0.25, -0.2) is 8.78 Å². The highest BCUT2D eigenvalue weighted by Gasteiger charge is 2.16. The van der Waals surface area contributed by atoms with Crippen LogP contribution in [0.2, 0.25) is 0 Å². The fraction of sp³-hybridized carbons (Fsp3) is 0.154. The third-order valence-electron chi connectivity index (χ3n) is 2.57. The standard InChI is InChI=1S/C13H10BrF2NOS/c1-7(9-3-2-8(15)6-10(9)16)17-13(18)11-4-5-12(14)19-11/h2-7H,1H3,(H,17,18). The van der Waals surface area contributed by atoms with Crippen molar-refractivity contribution in [3.05, 3.63) is 56.2 Å². The van der Waals surface area contributed by atoms with Crippen LogP contribution in [0.25, 0.3) is 0 Å². The highest BCUT2D eigenvalue weighted by atomic mass is 79.9. The summed E-state index contributed by atoms with van der Waals surface area (Å²) < 4.78 is 27.2. The van der Waals surface area contributed by atoms with E-state index in [-0.39, 0.29) is 11.5 Å². The van der Waals surface area contributed by atoms with Gasteiger partial charge in [-0.2, -0.15) is 0 Å². The number of thiophene rings is 1.